The normalized spacial score (nSPS) is 31.3. The van der Waals surface area contributed by atoms with Crippen LogP contribution in [0.3, 0.4) is 0 Å². The summed E-state index contributed by atoms with van der Waals surface area (Å²) >= 11 is 0. The van der Waals surface area contributed by atoms with Gasteiger partial charge in [-0.25, -0.2) is 0 Å². The van der Waals surface area contributed by atoms with Gasteiger partial charge in [-0.05, 0) is 55.5 Å². The Bertz CT molecular complexity index is 1050. The van der Waals surface area contributed by atoms with E-state index in [0.29, 0.717) is 29.6 Å². The van der Waals surface area contributed by atoms with Crippen molar-refractivity contribution < 1.29 is 23.9 Å². The number of imide groups is 2. The maximum absolute atomic E-state index is 13.1. The molecule has 5 aliphatic rings. The summed E-state index contributed by atoms with van der Waals surface area (Å²) in [7, 11) is 0. The Kier molecular flexibility index (Phi) is 4.90. The van der Waals surface area contributed by atoms with Crippen molar-refractivity contribution in [1.82, 2.24) is 20.4 Å². The molecule has 5 aliphatic heterocycles. The van der Waals surface area contributed by atoms with Crippen molar-refractivity contribution in [2.75, 3.05) is 32.8 Å². The summed E-state index contributed by atoms with van der Waals surface area (Å²) in [6.45, 7) is 5.38. The van der Waals surface area contributed by atoms with Gasteiger partial charge in [0.2, 0.25) is 11.8 Å². The predicted molar refractivity (Wildman–Crippen MR) is 116 cm³/mol. The minimum atomic E-state index is -0.937. The van der Waals surface area contributed by atoms with E-state index in [1.54, 1.807) is 12.1 Å². The number of rotatable bonds is 3. The molecule has 0 radical (unpaired) electrons. The molecule has 4 saturated heterocycles. The highest BCUT2D eigenvalue weighted by atomic mass is 16.5. The first-order valence-electron chi connectivity index (χ1n) is 11.8. The molecule has 1 aromatic rings. The number of nitrogens with zero attached hydrogens (tertiary/aromatic N) is 2. The first-order chi connectivity index (χ1) is 16.0. The van der Waals surface area contributed by atoms with Gasteiger partial charge in [-0.1, -0.05) is 6.07 Å². The molecule has 2 N–H and O–H groups in total. The minimum Gasteiger partial charge on any atom is -0.379 e. The van der Waals surface area contributed by atoms with Gasteiger partial charge in [-0.2, -0.15) is 0 Å². The zero-order chi connectivity index (χ0) is 22.7. The number of amides is 4. The van der Waals surface area contributed by atoms with E-state index in [4.69, 9.17) is 4.74 Å². The molecular formula is C24H28N4O5. The molecule has 0 aliphatic carbocycles. The summed E-state index contributed by atoms with van der Waals surface area (Å²) in [5, 5.41) is 5.71. The van der Waals surface area contributed by atoms with E-state index in [0.717, 1.165) is 56.2 Å². The van der Waals surface area contributed by atoms with Gasteiger partial charge in [0.15, 0.2) is 0 Å². The molecule has 6 rings (SSSR count). The third-order valence-corrected chi connectivity index (χ3v) is 8.31. The van der Waals surface area contributed by atoms with Crippen LogP contribution in [0.5, 0.6) is 0 Å². The molecule has 1 spiro atoms. The summed E-state index contributed by atoms with van der Waals surface area (Å²) in [5.74, 6) is -1.33. The maximum atomic E-state index is 13.1. The Morgan fingerprint density at radius 3 is 2.61 bits per heavy atom. The fourth-order valence-corrected chi connectivity index (χ4v) is 6.60. The second-order valence-corrected chi connectivity index (χ2v) is 10.1. The third-order valence-electron chi connectivity index (χ3n) is 8.31. The number of ether oxygens (including phenoxy) is 1. The molecule has 0 bridgehead atoms. The lowest BCUT2D eigenvalue weighted by Gasteiger charge is -2.37. The van der Waals surface area contributed by atoms with Crippen LogP contribution < -0.4 is 10.6 Å². The van der Waals surface area contributed by atoms with Crippen LogP contribution in [0, 0.1) is 11.3 Å². The third kappa shape index (κ3) is 3.25. The number of piperidine rings is 2. The fourth-order valence-electron chi connectivity index (χ4n) is 6.60. The standard InChI is InChI=1S/C24H28N4O5/c29-20-4-3-18(21(30)26-20)28-22(31)15-2-1-14(9-16(15)23(28)32)10-27-13-24(5-7-25-8-6-24)17-11-33-12-19(17)27/h1-2,9,17-19,25H,3-8,10-13H2,(H,26,29,30)/t17-,18?,19+/m1/s1. The number of carbonyl (C=O) groups excluding carboxylic acids is 4. The Hall–Kier alpha value is -2.62. The van der Waals surface area contributed by atoms with Gasteiger partial charge in [0, 0.05) is 31.5 Å². The van der Waals surface area contributed by atoms with Crippen LogP contribution in [0.4, 0.5) is 0 Å². The number of likely N-dealkylation sites (tertiary alicyclic amines) is 1. The van der Waals surface area contributed by atoms with Gasteiger partial charge in [-0.15, -0.1) is 0 Å². The van der Waals surface area contributed by atoms with E-state index in [1.807, 2.05) is 6.07 Å². The number of hydrogen-bond acceptors (Lipinski definition) is 7. The van der Waals surface area contributed by atoms with Crippen LogP contribution in [0.2, 0.25) is 0 Å². The molecule has 5 heterocycles. The Morgan fingerprint density at radius 1 is 1.03 bits per heavy atom. The molecule has 9 nitrogen and oxygen atoms in total. The average Bonchev–Trinajstić information content (AvgIpc) is 3.46. The summed E-state index contributed by atoms with van der Waals surface area (Å²) in [4.78, 5) is 53.4. The van der Waals surface area contributed by atoms with Crippen LogP contribution in [0.15, 0.2) is 18.2 Å². The van der Waals surface area contributed by atoms with E-state index in [2.05, 4.69) is 15.5 Å². The Labute approximate surface area is 191 Å². The highest BCUT2D eigenvalue weighted by Crippen LogP contribution is 2.49. The zero-order valence-corrected chi connectivity index (χ0v) is 18.5. The summed E-state index contributed by atoms with van der Waals surface area (Å²) in [6, 6.07) is 4.87. The fraction of sp³-hybridized carbons (Fsp3) is 0.583. The topological polar surface area (TPSA) is 108 Å². The molecule has 33 heavy (non-hydrogen) atoms. The van der Waals surface area contributed by atoms with E-state index < -0.39 is 23.8 Å². The van der Waals surface area contributed by atoms with Crippen LogP contribution in [0.1, 0.15) is 52.0 Å². The average molecular weight is 453 g/mol. The summed E-state index contributed by atoms with van der Waals surface area (Å²) in [6.07, 6.45) is 2.60. The van der Waals surface area contributed by atoms with Gasteiger partial charge in [0.25, 0.3) is 11.8 Å². The molecule has 4 fully saturated rings. The van der Waals surface area contributed by atoms with Crippen LogP contribution in [0.25, 0.3) is 0 Å². The largest absolute Gasteiger partial charge is 0.379 e. The molecule has 1 unspecified atom stereocenters. The monoisotopic (exact) mass is 452 g/mol. The smallest absolute Gasteiger partial charge is 0.262 e. The lowest BCUT2D eigenvalue weighted by molar-refractivity contribution is -0.136. The molecule has 0 aromatic heterocycles. The predicted octanol–water partition coefficient (Wildman–Crippen LogP) is 0.288. The van der Waals surface area contributed by atoms with Crippen molar-refractivity contribution in [3.8, 4) is 0 Å². The van der Waals surface area contributed by atoms with Crippen LogP contribution in [-0.2, 0) is 20.9 Å². The number of carbonyl (C=O) groups is 4. The lowest BCUT2D eigenvalue weighted by atomic mass is 9.70. The SMILES string of the molecule is O=C1CCC(N2C(=O)c3ccc(CN4CC5(CCNCC5)[C@@H]5COC[C@@H]54)cc3C2=O)C(=O)N1. The zero-order valence-electron chi connectivity index (χ0n) is 18.5. The maximum Gasteiger partial charge on any atom is 0.262 e. The molecule has 1 aromatic carbocycles. The number of nitrogens with one attached hydrogen (secondary N) is 2. The lowest BCUT2D eigenvalue weighted by Crippen LogP contribution is -2.54. The van der Waals surface area contributed by atoms with Crippen molar-refractivity contribution in [1.29, 1.82) is 0 Å². The highest BCUT2D eigenvalue weighted by Gasteiger charge is 2.54. The first-order valence-corrected chi connectivity index (χ1v) is 11.8. The minimum absolute atomic E-state index is 0.117. The van der Waals surface area contributed by atoms with Gasteiger partial charge < -0.3 is 10.1 Å². The molecule has 3 atom stereocenters. The van der Waals surface area contributed by atoms with Crippen LogP contribution >= 0.6 is 0 Å². The number of benzene rings is 1. The number of hydrogen-bond donors (Lipinski definition) is 2. The Balaban J connectivity index is 1.23. The highest BCUT2D eigenvalue weighted by molar-refractivity contribution is 6.23. The summed E-state index contributed by atoms with van der Waals surface area (Å²) < 4.78 is 5.88. The Morgan fingerprint density at radius 2 is 1.82 bits per heavy atom. The molecule has 9 heteroatoms. The van der Waals surface area contributed by atoms with Crippen molar-refractivity contribution in [2.45, 2.75) is 44.3 Å². The summed E-state index contributed by atoms with van der Waals surface area (Å²) in [5.41, 5.74) is 1.94. The van der Waals surface area contributed by atoms with E-state index in [-0.39, 0.29) is 24.2 Å². The second kappa shape index (κ2) is 7.72. The van der Waals surface area contributed by atoms with Crippen molar-refractivity contribution in [3.05, 3.63) is 34.9 Å². The van der Waals surface area contributed by atoms with Crippen molar-refractivity contribution in [3.63, 3.8) is 0 Å². The van der Waals surface area contributed by atoms with Gasteiger partial charge in [0.05, 0.1) is 24.3 Å². The van der Waals surface area contributed by atoms with Crippen molar-refractivity contribution >= 4 is 23.6 Å². The van der Waals surface area contributed by atoms with Gasteiger partial charge in [0.1, 0.15) is 6.04 Å². The van der Waals surface area contributed by atoms with E-state index in [9.17, 15) is 19.2 Å². The number of fused-ring (bicyclic) bond motifs is 3. The molecule has 174 valence electrons. The first kappa shape index (κ1) is 20.9. The van der Waals surface area contributed by atoms with Gasteiger partial charge >= 0.3 is 0 Å². The van der Waals surface area contributed by atoms with E-state index in [1.165, 1.54) is 0 Å². The second-order valence-electron chi connectivity index (χ2n) is 10.1. The van der Waals surface area contributed by atoms with Crippen LogP contribution in [-0.4, -0.2) is 78.4 Å². The molecular weight excluding hydrogens is 424 g/mol. The quantitative estimate of drug-likeness (QED) is 0.635. The van der Waals surface area contributed by atoms with E-state index >= 15 is 0 Å². The van der Waals surface area contributed by atoms with Crippen molar-refractivity contribution in [2.24, 2.45) is 11.3 Å². The van der Waals surface area contributed by atoms with Gasteiger partial charge in [-0.3, -0.25) is 34.3 Å². The molecule has 0 saturated carbocycles. The molecule has 4 amide bonds.